The zero-order chi connectivity index (χ0) is 107. The molecule has 0 unspecified atom stereocenters. The molecule has 16 rings (SSSR count). The van der Waals surface area contributed by atoms with Crippen LogP contribution in [0.25, 0.3) is 94.3 Å². The van der Waals surface area contributed by atoms with Gasteiger partial charge in [0.15, 0.2) is 0 Å². The second kappa shape index (κ2) is 31.5. The molecule has 0 aliphatic carbocycles. The molecule has 0 spiro atoms. The summed E-state index contributed by atoms with van der Waals surface area (Å²) < 4.78 is 151. The van der Waals surface area contributed by atoms with E-state index in [2.05, 4.69) is 332 Å². The fourth-order valence-corrected chi connectivity index (χ4v) is 19.0. The molecule has 0 amide bonds. The van der Waals surface area contributed by atoms with Crippen molar-refractivity contribution < 1.29 is 19.2 Å². The van der Waals surface area contributed by atoms with Crippen molar-refractivity contribution in [1.82, 2.24) is 4.57 Å². The van der Waals surface area contributed by atoms with Crippen molar-refractivity contribution in [2.45, 2.75) is 314 Å². The van der Waals surface area contributed by atoms with Gasteiger partial charge >= 0.3 is 0 Å². The Hall–Kier alpha value is -10.7. The predicted molar refractivity (Wildman–Crippen MR) is 572 cm³/mol. The number of benzene rings is 13. The minimum absolute atomic E-state index is 0.00977. The maximum Gasteiger partial charge on any atom is 0.252 e. The second-order valence-electron chi connectivity index (χ2n) is 49.8. The van der Waals surface area contributed by atoms with Crippen molar-refractivity contribution >= 4 is 79.0 Å². The van der Waals surface area contributed by atoms with Gasteiger partial charge in [-0.25, -0.2) is 0 Å². The van der Waals surface area contributed by atoms with Crippen LogP contribution in [0.5, 0.6) is 0 Å². The van der Waals surface area contributed by atoms with Crippen LogP contribution in [-0.4, -0.2) is 11.3 Å². The summed E-state index contributed by atoms with van der Waals surface area (Å²) in [6.45, 7) is 76.3. The van der Waals surface area contributed by atoms with Gasteiger partial charge in [-0.2, -0.15) is 0 Å². The van der Waals surface area contributed by atoms with Gasteiger partial charge in [0.05, 0.1) is 41.6 Å². The molecule has 0 fully saturated rings. The third-order valence-electron chi connectivity index (χ3n) is 26.9. The Kier molecular flexibility index (Phi) is 18.4. The first-order chi connectivity index (χ1) is 65.9. The fraction of sp³-hybridized carbons (Fsp3) is 0.381. The van der Waals surface area contributed by atoms with E-state index in [1.165, 1.54) is 0 Å². The van der Waals surface area contributed by atoms with Gasteiger partial charge in [0, 0.05) is 61.5 Å². The molecule has 3 heterocycles. The van der Waals surface area contributed by atoms with E-state index >= 15 is 0 Å². The molecule has 0 saturated carbocycles. The van der Waals surface area contributed by atoms with Gasteiger partial charge in [0.1, 0.15) is 0 Å². The van der Waals surface area contributed by atoms with Crippen LogP contribution in [0.4, 0.5) is 34.1 Å². The maximum absolute atomic E-state index is 12.0. The van der Waals surface area contributed by atoms with E-state index in [-0.39, 0.29) is 126 Å². The molecule has 13 aromatic carbocycles. The minimum atomic E-state index is -1.15. The Labute approximate surface area is 803 Å². The standard InChI is InChI=1S/C126H148BN3/c1-115(2,3)82-49-46-78(47-50-82)94-71-89(122(22,23)24)74-100(95-68-83(116(4,5)6)52-57-102(95)125(31,32)33)113(94)130-109-76-91(128-106-60-53-84(117(7,8)9)69-96(106)97-70-85(118(10,11)12)54-61-107(97)128)55-59-105(109)127-104-58-48-79(77-42-38-37-39-43-77)64-108(104)129(110-65-81(66-111(130)112(110)127)80-62-87(120(16,17)18)67-88(63-80)121(19,20)21)114-98(92-44-40-41-45-101(92)124(28,29)30)72-90(123(25,26)27)73-99(114)93-56-51-86(119(13,14)15)75-103(93)126(34,35)36/h37-76H,1-36H3/i37D,38D,39D,42D,43D,46D,47D,49D,50D,52D,57D,68D,71D,74D. The second-order valence-corrected chi connectivity index (χ2v) is 49.8. The SMILES string of the molecule is [2H]c1c([2H])c([2H])c(-c2ccc3c(c2)N(c2c(-c4ccccc4C(C)(C)C)cc(C(C)(C)C)cc2-c2ccc(C(C)(C)C)cc2C(C)(C)C)c2cc(-c4cc(C(C)(C)C)cc(C(C)(C)C)c4)cc4c2B3c2ccc(-n3c5ccc(C(C)(C)C)cc5c5cc(C(C)(C)C)ccc53)cc2N4c2c(-c3c([2H])c([2H])c(C(C)(C)C)c([2H])c3[2H])c([2H])c(C(C)(C)C)c([2H])c2-c2c([2H])c(C(C)(C)C)c([2H])c([2H])c2C(C)(C)C)c([2H])c1[2H]. The van der Waals surface area contributed by atoms with Crippen molar-refractivity contribution in [2.75, 3.05) is 9.80 Å². The van der Waals surface area contributed by atoms with Crippen molar-refractivity contribution in [3.05, 3.63) is 309 Å². The van der Waals surface area contributed by atoms with Crippen LogP contribution in [0.2, 0.25) is 0 Å². The molecule has 670 valence electrons. The van der Waals surface area contributed by atoms with Crippen LogP contribution in [0, 0.1) is 0 Å². The van der Waals surface area contributed by atoms with Gasteiger partial charge in [0.2, 0.25) is 0 Å². The zero-order valence-corrected chi connectivity index (χ0v) is 84.9. The molecule has 0 atom stereocenters. The Bertz CT molecular complexity index is 7560. The summed E-state index contributed by atoms with van der Waals surface area (Å²) in [4.78, 5) is 4.58. The van der Waals surface area contributed by atoms with E-state index < -0.39 is 85.7 Å². The minimum Gasteiger partial charge on any atom is -0.310 e. The number of hydrogen-bond acceptors (Lipinski definition) is 2. The summed E-state index contributed by atoms with van der Waals surface area (Å²) in [5.41, 5.74) is 15.4. The van der Waals surface area contributed by atoms with Crippen LogP contribution >= 0.6 is 0 Å². The van der Waals surface area contributed by atoms with Gasteiger partial charge < -0.3 is 14.4 Å². The highest BCUT2D eigenvalue weighted by Gasteiger charge is 2.48. The number of hydrogen-bond donors (Lipinski definition) is 0. The lowest BCUT2D eigenvalue weighted by atomic mass is 9.33. The van der Waals surface area contributed by atoms with Crippen molar-refractivity contribution in [1.29, 1.82) is 0 Å². The quantitative estimate of drug-likeness (QED) is 0.133. The first-order valence-corrected chi connectivity index (χ1v) is 47.2. The molecule has 4 heteroatoms. The molecule has 0 saturated heterocycles. The van der Waals surface area contributed by atoms with Gasteiger partial charge in [-0.15, -0.1) is 0 Å². The van der Waals surface area contributed by atoms with Crippen LogP contribution in [0.1, 0.15) is 335 Å². The van der Waals surface area contributed by atoms with Gasteiger partial charge in [0.25, 0.3) is 6.71 Å². The number of rotatable bonds is 9. The summed E-state index contributed by atoms with van der Waals surface area (Å²) in [5.74, 6) is 0. The van der Waals surface area contributed by atoms with E-state index in [4.69, 9.17) is 1.37 Å². The Morgan fingerprint density at radius 1 is 0.231 bits per heavy atom. The van der Waals surface area contributed by atoms with E-state index in [1.807, 2.05) is 89.2 Å². The molecular formula is C126H148BN3. The lowest BCUT2D eigenvalue weighted by molar-refractivity contribution is 0.568. The monoisotopic (exact) mass is 1730 g/mol. The van der Waals surface area contributed by atoms with Gasteiger partial charge in [-0.1, -0.05) is 413 Å². The van der Waals surface area contributed by atoms with Crippen molar-refractivity contribution in [3.8, 4) is 72.4 Å². The summed E-state index contributed by atoms with van der Waals surface area (Å²) in [6, 6.07) is 53.6. The average molecular weight is 1730 g/mol. The van der Waals surface area contributed by atoms with E-state index in [1.54, 1.807) is 0 Å². The van der Waals surface area contributed by atoms with Crippen LogP contribution < -0.4 is 26.2 Å². The molecule has 2 aliphatic rings. The Morgan fingerprint density at radius 3 is 1.13 bits per heavy atom. The molecule has 0 radical (unpaired) electrons. The first kappa shape index (κ1) is 75.9. The normalized spacial score (nSPS) is 15.5. The fourth-order valence-electron chi connectivity index (χ4n) is 19.0. The number of anilines is 6. The summed E-state index contributed by atoms with van der Waals surface area (Å²) in [5, 5.41) is 2.05. The average Bonchev–Trinajstić information content (AvgIpc) is 0.821. The molecule has 130 heavy (non-hydrogen) atoms. The third kappa shape index (κ3) is 17.1. The molecule has 0 bridgehead atoms. The Balaban J connectivity index is 1.29. The molecule has 1 aromatic heterocycles. The summed E-state index contributed by atoms with van der Waals surface area (Å²) in [7, 11) is 0. The zero-order valence-electron chi connectivity index (χ0n) is 98.9. The number of fused-ring (bicyclic) bond motifs is 7. The largest absolute Gasteiger partial charge is 0.310 e. The molecule has 0 N–H and O–H groups in total. The van der Waals surface area contributed by atoms with E-state index in [9.17, 15) is 17.8 Å². The van der Waals surface area contributed by atoms with Crippen LogP contribution in [-0.2, 0) is 65.0 Å². The smallest absolute Gasteiger partial charge is 0.252 e. The highest BCUT2D eigenvalue weighted by Crippen LogP contribution is 2.59. The Morgan fingerprint density at radius 2 is 0.638 bits per heavy atom. The predicted octanol–water partition coefficient (Wildman–Crippen LogP) is 34.4. The topological polar surface area (TPSA) is 11.4 Å². The maximum atomic E-state index is 12.0. The first-order valence-electron chi connectivity index (χ1n) is 54.2. The lowest BCUT2D eigenvalue weighted by Gasteiger charge is -2.46. The molecule has 2 aliphatic heterocycles. The van der Waals surface area contributed by atoms with Gasteiger partial charge in [-0.3, -0.25) is 0 Å². The van der Waals surface area contributed by atoms with Crippen molar-refractivity contribution in [2.24, 2.45) is 0 Å². The molecule has 14 aromatic rings. The molecule has 3 nitrogen and oxygen atoms in total. The third-order valence-corrected chi connectivity index (χ3v) is 26.9. The van der Waals surface area contributed by atoms with Crippen LogP contribution in [0.3, 0.4) is 0 Å². The summed E-state index contributed by atoms with van der Waals surface area (Å²) >= 11 is 0. The summed E-state index contributed by atoms with van der Waals surface area (Å²) in [6.07, 6.45) is 0. The highest BCUT2D eigenvalue weighted by atomic mass is 15.2. The van der Waals surface area contributed by atoms with Crippen LogP contribution in [0.15, 0.2) is 242 Å². The van der Waals surface area contributed by atoms with Crippen molar-refractivity contribution in [3.63, 3.8) is 0 Å². The molecular weight excluding hydrogens is 1570 g/mol. The lowest BCUT2D eigenvalue weighted by Crippen LogP contribution is -2.61. The van der Waals surface area contributed by atoms with E-state index in [0.29, 0.717) is 50.5 Å². The van der Waals surface area contributed by atoms with E-state index in [0.717, 1.165) is 105 Å². The highest BCUT2D eigenvalue weighted by molar-refractivity contribution is 7.00. The van der Waals surface area contributed by atoms with Gasteiger partial charge in [-0.05, 0) is 271 Å². The number of nitrogens with zero attached hydrogens (tertiary/aromatic N) is 3. The number of aromatic nitrogens is 1.